The monoisotopic (exact) mass is 291 g/mol. The molecule has 1 aliphatic heterocycles. The van der Waals surface area contributed by atoms with Crippen LogP contribution in [-0.2, 0) is 0 Å². The molecule has 2 aromatic rings. The van der Waals surface area contributed by atoms with Crippen LogP contribution in [-0.4, -0.2) is 34.2 Å². The van der Waals surface area contributed by atoms with Gasteiger partial charge < -0.3 is 4.90 Å². The Morgan fingerprint density at radius 3 is 2.86 bits per heavy atom. The van der Waals surface area contributed by atoms with Gasteiger partial charge in [0.1, 0.15) is 11.3 Å². The van der Waals surface area contributed by atoms with Gasteiger partial charge in [-0.05, 0) is 18.6 Å². The molecular formula is C15H15F2N3O. The van der Waals surface area contributed by atoms with Crippen molar-refractivity contribution in [1.82, 2.24) is 9.38 Å². The molecule has 3 rings (SSSR count). The van der Waals surface area contributed by atoms with E-state index in [1.807, 2.05) is 0 Å². The normalized spacial score (nSPS) is 17.4. The summed E-state index contributed by atoms with van der Waals surface area (Å²) in [6.45, 7) is 5.32. The van der Waals surface area contributed by atoms with Gasteiger partial charge in [0.2, 0.25) is 5.78 Å². The molecule has 0 amide bonds. The van der Waals surface area contributed by atoms with Gasteiger partial charge in [0.15, 0.2) is 0 Å². The fourth-order valence-electron chi connectivity index (χ4n) is 2.51. The lowest BCUT2D eigenvalue weighted by Crippen LogP contribution is -2.24. The van der Waals surface area contributed by atoms with Crippen LogP contribution in [0.3, 0.4) is 0 Å². The van der Waals surface area contributed by atoms with E-state index in [0.29, 0.717) is 29.1 Å². The lowest BCUT2D eigenvalue weighted by atomic mass is 10.2. The fraction of sp³-hybridized carbons (Fsp3) is 0.333. The van der Waals surface area contributed by atoms with Crippen LogP contribution in [0.4, 0.5) is 14.5 Å². The molecular weight excluding hydrogens is 276 g/mol. The molecule has 2 aromatic heterocycles. The molecule has 1 fully saturated rings. The number of carbonyl (C=O) groups is 1. The predicted octanol–water partition coefficient (Wildman–Crippen LogP) is 2.94. The lowest BCUT2D eigenvalue weighted by molar-refractivity contribution is 0.0257. The second-order valence-corrected chi connectivity index (χ2v) is 5.39. The number of halogens is 2. The Morgan fingerprint density at radius 1 is 1.48 bits per heavy atom. The van der Waals surface area contributed by atoms with Gasteiger partial charge in [-0.3, -0.25) is 9.20 Å². The maximum atomic E-state index is 13.3. The zero-order valence-electron chi connectivity index (χ0n) is 11.6. The van der Waals surface area contributed by atoms with Crippen LogP contribution in [0.1, 0.15) is 23.8 Å². The first-order valence-corrected chi connectivity index (χ1v) is 6.67. The highest BCUT2D eigenvalue weighted by molar-refractivity contribution is 6.07. The summed E-state index contributed by atoms with van der Waals surface area (Å²) < 4.78 is 28.2. The minimum absolute atomic E-state index is 0.133. The highest BCUT2D eigenvalue weighted by Gasteiger charge is 2.38. The number of alkyl halides is 2. The van der Waals surface area contributed by atoms with E-state index in [9.17, 15) is 13.6 Å². The van der Waals surface area contributed by atoms with Crippen molar-refractivity contribution in [2.45, 2.75) is 19.3 Å². The van der Waals surface area contributed by atoms with E-state index in [0.717, 1.165) is 0 Å². The molecule has 0 aromatic carbocycles. The van der Waals surface area contributed by atoms with E-state index >= 15 is 0 Å². The third-order valence-corrected chi connectivity index (χ3v) is 3.65. The Bertz CT molecular complexity index is 736. The third kappa shape index (κ3) is 2.41. The first-order valence-electron chi connectivity index (χ1n) is 6.67. The molecule has 110 valence electrons. The Kier molecular flexibility index (Phi) is 3.04. The summed E-state index contributed by atoms with van der Waals surface area (Å²) in [5.41, 5.74) is 2.11. The maximum Gasteiger partial charge on any atom is 0.266 e. The molecule has 3 heterocycles. The Balaban J connectivity index is 1.96. The summed E-state index contributed by atoms with van der Waals surface area (Å²) in [5, 5.41) is 0. The number of carbonyl (C=O) groups excluding carboxylic acids is 1. The summed E-state index contributed by atoms with van der Waals surface area (Å²) in [6, 6.07) is 3.45. The lowest BCUT2D eigenvalue weighted by Gasteiger charge is -2.18. The number of rotatable bonds is 3. The van der Waals surface area contributed by atoms with Crippen molar-refractivity contribution in [3.63, 3.8) is 0 Å². The van der Waals surface area contributed by atoms with Crippen molar-refractivity contribution >= 4 is 17.1 Å². The largest absolute Gasteiger partial charge is 0.365 e. The number of hydrogen-bond donors (Lipinski definition) is 0. The zero-order chi connectivity index (χ0) is 15.2. The van der Waals surface area contributed by atoms with E-state index in [1.165, 1.54) is 6.20 Å². The van der Waals surface area contributed by atoms with Gasteiger partial charge in [-0.2, -0.15) is 0 Å². The predicted molar refractivity (Wildman–Crippen MR) is 76.1 cm³/mol. The van der Waals surface area contributed by atoms with Crippen molar-refractivity contribution in [1.29, 1.82) is 0 Å². The first kappa shape index (κ1) is 13.7. The van der Waals surface area contributed by atoms with Gasteiger partial charge in [0, 0.05) is 30.9 Å². The molecule has 0 atom stereocenters. The molecule has 0 aliphatic carbocycles. The molecule has 21 heavy (non-hydrogen) atoms. The standard InChI is InChI=1S/C15H15F2N3O/c1-10(2)14(21)12-8-18-13-7-11(3-5-20(12)13)19-6-4-15(16,17)9-19/h3,5,7-8H,1,4,6,9H2,2H3. The smallest absolute Gasteiger partial charge is 0.266 e. The fourth-order valence-corrected chi connectivity index (χ4v) is 2.51. The first-order chi connectivity index (χ1) is 9.87. The van der Waals surface area contributed by atoms with Gasteiger partial charge in [-0.25, -0.2) is 13.8 Å². The van der Waals surface area contributed by atoms with Crippen molar-refractivity contribution in [2.24, 2.45) is 0 Å². The van der Waals surface area contributed by atoms with E-state index < -0.39 is 5.92 Å². The van der Waals surface area contributed by atoms with Crippen LogP contribution < -0.4 is 4.90 Å². The molecule has 1 saturated heterocycles. The van der Waals surface area contributed by atoms with Crippen molar-refractivity contribution < 1.29 is 13.6 Å². The van der Waals surface area contributed by atoms with Crippen molar-refractivity contribution in [3.05, 3.63) is 42.4 Å². The molecule has 0 N–H and O–H groups in total. The summed E-state index contributed by atoms with van der Waals surface area (Å²) in [5.74, 6) is -2.81. The van der Waals surface area contributed by atoms with Crippen LogP contribution in [0, 0.1) is 0 Å². The van der Waals surface area contributed by atoms with Crippen LogP contribution in [0.15, 0.2) is 36.7 Å². The number of fused-ring (bicyclic) bond motifs is 1. The minimum atomic E-state index is -2.64. The summed E-state index contributed by atoms with van der Waals surface area (Å²) in [7, 11) is 0. The van der Waals surface area contributed by atoms with Crippen LogP contribution in [0.25, 0.3) is 5.65 Å². The highest BCUT2D eigenvalue weighted by atomic mass is 19.3. The number of Topliss-reactive ketones (excluding diaryl/α,β-unsaturated/α-hetero) is 1. The van der Waals surface area contributed by atoms with Crippen molar-refractivity contribution in [2.75, 3.05) is 18.0 Å². The number of allylic oxidation sites excluding steroid dienone is 1. The van der Waals surface area contributed by atoms with Crippen LogP contribution >= 0.6 is 0 Å². The molecule has 0 saturated carbocycles. The number of imidazole rings is 1. The number of aromatic nitrogens is 2. The van der Waals surface area contributed by atoms with Gasteiger partial charge in [-0.1, -0.05) is 6.58 Å². The molecule has 1 aliphatic rings. The highest BCUT2D eigenvalue weighted by Crippen LogP contribution is 2.31. The molecule has 0 bridgehead atoms. The molecule has 4 nitrogen and oxygen atoms in total. The average molecular weight is 291 g/mol. The SMILES string of the molecule is C=C(C)C(=O)c1cnc2cc(N3CCC(F)(F)C3)ccn12. The van der Waals surface area contributed by atoms with Crippen LogP contribution in [0.2, 0.25) is 0 Å². The Morgan fingerprint density at radius 2 is 2.24 bits per heavy atom. The second-order valence-electron chi connectivity index (χ2n) is 5.39. The van der Waals surface area contributed by atoms with E-state index in [-0.39, 0.29) is 18.7 Å². The molecule has 6 heteroatoms. The zero-order valence-corrected chi connectivity index (χ0v) is 11.6. The van der Waals surface area contributed by atoms with Crippen molar-refractivity contribution in [3.8, 4) is 0 Å². The molecule has 0 radical (unpaired) electrons. The maximum absolute atomic E-state index is 13.3. The number of pyridine rings is 1. The topological polar surface area (TPSA) is 37.6 Å². The van der Waals surface area contributed by atoms with Crippen LogP contribution in [0.5, 0.6) is 0 Å². The number of anilines is 1. The van der Waals surface area contributed by atoms with Gasteiger partial charge in [-0.15, -0.1) is 0 Å². The minimum Gasteiger partial charge on any atom is -0.365 e. The molecule has 0 unspecified atom stereocenters. The van der Waals surface area contributed by atoms with E-state index in [4.69, 9.17) is 0 Å². The average Bonchev–Trinajstić information content (AvgIpc) is 3.00. The second kappa shape index (κ2) is 4.65. The summed E-state index contributed by atoms with van der Waals surface area (Å²) in [6.07, 6.45) is 3.03. The Labute approximate surface area is 120 Å². The molecule has 0 spiro atoms. The number of hydrogen-bond acceptors (Lipinski definition) is 3. The summed E-state index contributed by atoms with van der Waals surface area (Å²) >= 11 is 0. The quantitative estimate of drug-likeness (QED) is 0.644. The van der Waals surface area contributed by atoms with E-state index in [1.54, 1.807) is 34.6 Å². The van der Waals surface area contributed by atoms with Gasteiger partial charge in [0.05, 0.1) is 12.7 Å². The third-order valence-electron chi connectivity index (χ3n) is 3.65. The summed E-state index contributed by atoms with van der Waals surface area (Å²) in [4.78, 5) is 17.8. The number of ketones is 1. The Hall–Kier alpha value is -2.24. The number of nitrogens with zero attached hydrogens (tertiary/aromatic N) is 3. The van der Waals surface area contributed by atoms with Gasteiger partial charge >= 0.3 is 0 Å². The van der Waals surface area contributed by atoms with Gasteiger partial charge in [0.25, 0.3) is 5.92 Å². The van der Waals surface area contributed by atoms with E-state index in [2.05, 4.69) is 11.6 Å².